The predicted octanol–water partition coefficient (Wildman–Crippen LogP) is 2.96. The molecule has 2 aromatic carbocycles. The number of nitrogens with one attached hydrogen (secondary N) is 2. The second kappa shape index (κ2) is 9.38. The lowest BCUT2D eigenvalue weighted by molar-refractivity contribution is 0.126. The van der Waals surface area contributed by atoms with Crippen molar-refractivity contribution in [2.24, 2.45) is 0 Å². The maximum Gasteiger partial charge on any atom is 0.406 e. The Morgan fingerprint density at radius 3 is 2.39 bits per heavy atom. The quantitative estimate of drug-likeness (QED) is 0.558. The summed E-state index contributed by atoms with van der Waals surface area (Å²) in [6.45, 7) is 4.15. The molecule has 0 aliphatic heterocycles. The van der Waals surface area contributed by atoms with Crippen molar-refractivity contribution in [3.63, 3.8) is 0 Å². The molecule has 0 aliphatic carbocycles. The maximum absolute atomic E-state index is 12.8. The van der Waals surface area contributed by atoms with Crippen LogP contribution in [0.5, 0.6) is 17.2 Å². The molecule has 1 amide bonds. The first-order valence-electron chi connectivity index (χ1n) is 9.63. The van der Waals surface area contributed by atoms with E-state index in [0.29, 0.717) is 34.0 Å². The van der Waals surface area contributed by atoms with Gasteiger partial charge in [0, 0.05) is 24.7 Å². The summed E-state index contributed by atoms with van der Waals surface area (Å²) < 4.78 is 21.3. The van der Waals surface area contributed by atoms with Crippen molar-refractivity contribution in [2.45, 2.75) is 13.8 Å². The molecule has 0 saturated carbocycles. The van der Waals surface area contributed by atoms with Crippen molar-refractivity contribution in [1.29, 1.82) is 0 Å². The van der Waals surface area contributed by atoms with Gasteiger partial charge in [0.2, 0.25) is 0 Å². The van der Waals surface area contributed by atoms with Gasteiger partial charge in [0.25, 0.3) is 5.56 Å². The fourth-order valence-corrected chi connectivity index (χ4v) is 3.29. The molecule has 1 heterocycles. The predicted molar refractivity (Wildman–Crippen MR) is 116 cm³/mol. The highest BCUT2D eigenvalue weighted by molar-refractivity contribution is 5.87. The van der Waals surface area contributed by atoms with E-state index >= 15 is 0 Å². The molecule has 0 radical (unpaired) electrons. The summed E-state index contributed by atoms with van der Waals surface area (Å²) in [5.74, 6) is 2.05. The molecule has 0 fully saturated rings. The van der Waals surface area contributed by atoms with E-state index in [-0.39, 0.29) is 18.8 Å². The second-order valence-electron chi connectivity index (χ2n) is 6.81. The van der Waals surface area contributed by atoms with E-state index in [2.05, 4.69) is 15.3 Å². The van der Waals surface area contributed by atoms with Crippen LogP contribution in [0.25, 0.3) is 22.3 Å². The van der Waals surface area contributed by atoms with E-state index in [4.69, 9.17) is 18.9 Å². The fraction of sp³-hybridized carbons (Fsp3) is 0.318. The molecule has 0 atom stereocenters. The van der Waals surface area contributed by atoms with E-state index in [1.807, 2.05) is 26.0 Å². The van der Waals surface area contributed by atoms with Crippen LogP contribution in [0.3, 0.4) is 0 Å². The van der Waals surface area contributed by atoms with Gasteiger partial charge in [-0.25, -0.2) is 9.78 Å². The van der Waals surface area contributed by atoms with E-state index < -0.39 is 6.09 Å². The molecular weight excluding hydrogens is 402 g/mol. The van der Waals surface area contributed by atoms with Gasteiger partial charge in [0.15, 0.2) is 0 Å². The van der Waals surface area contributed by atoms with Crippen molar-refractivity contribution in [3.05, 3.63) is 45.7 Å². The second-order valence-corrected chi connectivity index (χ2v) is 6.81. The average Bonchev–Trinajstić information content (AvgIpc) is 2.76. The van der Waals surface area contributed by atoms with Gasteiger partial charge in [-0.2, -0.15) is 0 Å². The molecule has 2 N–H and O–H groups in total. The highest BCUT2D eigenvalue weighted by atomic mass is 16.6. The van der Waals surface area contributed by atoms with Crippen LogP contribution in [0, 0.1) is 13.8 Å². The summed E-state index contributed by atoms with van der Waals surface area (Å²) in [5.41, 5.74) is 2.63. The molecule has 9 heteroatoms. The molecule has 0 spiro atoms. The van der Waals surface area contributed by atoms with Crippen LogP contribution in [-0.2, 0) is 4.74 Å². The molecule has 3 aromatic rings. The van der Waals surface area contributed by atoms with Gasteiger partial charge in [-0.3, -0.25) is 4.79 Å². The Morgan fingerprint density at radius 2 is 1.77 bits per heavy atom. The van der Waals surface area contributed by atoms with E-state index in [1.165, 1.54) is 14.2 Å². The molecule has 9 nitrogen and oxygen atoms in total. The van der Waals surface area contributed by atoms with Gasteiger partial charge >= 0.3 is 6.09 Å². The van der Waals surface area contributed by atoms with Crippen molar-refractivity contribution in [1.82, 2.24) is 15.3 Å². The van der Waals surface area contributed by atoms with Gasteiger partial charge < -0.3 is 29.2 Å². The Balaban J connectivity index is 1.94. The van der Waals surface area contributed by atoms with Gasteiger partial charge in [-0.05, 0) is 37.1 Å². The number of carbonyl (C=O) groups excluding carboxylic acids is 1. The van der Waals surface area contributed by atoms with Crippen molar-refractivity contribution in [2.75, 3.05) is 34.5 Å². The smallest absolute Gasteiger partial charge is 0.406 e. The summed E-state index contributed by atoms with van der Waals surface area (Å²) in [4.78, 5) is 31.3. The number of H-pyrrole nitrogens is 1. The fourth-order valence-electron chi connectivity index (χ4n) is 3.29. The zero-order valence-electron chi connectivity index (χ0n) is 18.1. The zero-order chi connectivity index (χ0) is 22.5. The molecule has 0 saturated heterocycles. The Kier molecular flexibility index (Phi) is 6.64. The lowest BCUT2D eigenvalue weighted by atomic mass is 10.0. The third-order valence-corrected chi connectivity index (χ3v) is 4.70. The summed E-state index contributed by atoms with van der Waals surface area (Å²) >= 11 is 0. The molecule has 3 rings (SSSR count). The number of aromatic nitrogens is 2. The summed E-state index contributed by atoms with van der Waals surface area (Å²) in [6.07, 6.45) is -0.507. The minimum Gasteiger partial charge on any atom is -0.497 e. The first-order chi connectivity index (χ1) is 14.9. The average molecular weight is 427 g/mol. The summed E-state index contributed by atoms with van der Waals surface area (Å²) in [6, 6.07) is 7.10. The molecule has 0 bridgehead atoms. The van der Waals surface area contributed by atoms with E-state index in [1.54, 1.807) is 19.2 Å². The number of ether oxygens (including phenoxy) is 4. The Labute approximate surface area is 179 Å². The lowest BCUT2D eigenvalue weighted by Gasteiger charge is -2.14. The molecule has 0 unspecified atom stereocenters. The Hall–Kier alpha value is -3.75. The molecule has 164 valence electrons. The van der Waals surface area contributed by atoms with Crippen LogP contribution in [0.1, 0.15) is 11.1 Å². The van der Waals surface area contributed by atoms with Crippen molar-refractivity contribution in [3.8, 4) is 28.6 Å². The summed E-state index contributed by atoms with van der Waals surface area (Å²) in [5, 5.41) is 2.73. The van der Waals surface area contributed by atoms with Crippen LogP contribution in [-0.4, -0.2) is 50.5 Å². The number of benzene rings is 2. The third kappa shape index (κ3) is 4.71. The Bertz CT molecular complexity index is 1150. The largest absolute Gasteiger partial charge is 0.497 e. The van der Waals surface area contributed by atoms with Crippen LogP contribution < -0.4 is 25.1 Å². The van der Waals surface area contributed by atoms with E-state index in [0.717, 1.165) is 16.7 Å². The van der Waals surface area contributed by atoms with Gasteiger partial charge in [-0.15, -0.1) is 0 Å². The minimum atomic E-state index is -0.507. The number of hydrogen-bond donors (Lipinski definition) is 2. The van der Waals surface area contributed by atoms with Crippen LogP contribution >= 0.6 is 0 Å². The first-order valence-corrected chi connectivity index (χ1v) is 9.63. The molecule has 0 aliphatic rings. The first kappa shape index (κ1) is 21.9. The number of hydrogen-bond acceptors (Lipinski definition) is 7. The van der Waals surface area contributed by atoms with Gasteiger partial charge in [-0.1, -0.05) is 0 Å². The third-order valence-electron chi connectivity index (χ3n) is 4.70. The maximum atomic E-state index is 12.8. The normalized spacial score (nSPS) is 10.6. The number of amides is 1. The topological polar surface area (TPSA) is 112 Å². The SMILES string of the molecule is CNC(=O)OCCOc1c(C)cc(-c2nc3cc(OC)cc(OC)c3c(=O)[nH]2)cc1C. The van der Waals surface area contributed by atoms with Crippen molar-refractivity contribution >= 4 is 17.0 Å². The molecule has 1 aromatic heterocycles. The van der Waals surface area contributed by atoms with Gasteiger partial charge in [0.05, 0.1) is 19.7 Å². The molecule has 31 heavy (non-hydrogen) atoms. The number of methoxy groups -OCH3 is 2. The number of fused-ring (bicyclic) bond motifs is 1. The van der Waals surface area contributed by atoms with Crippen LogP contribution in [0.2, 0.25) is 0 Å². The number of aryl methyl sites for hydroxylation is 2. The van der Waals surface area contributed by atoms with Gasteiger partial charge in [0.1, 0.15) is 41.7 Å². The molecular formula is C22H25N3O6. The highest BCUT2D eigenvalue weighted by Gasteiger charge is 2.15. The van der Waals surface area contributed by atoms with Crippen LogP contribution in [0.4, 0.5) is 4.79 Å². The van der Waals surface area contributed by atoms with E-state index in [9.17, 15) is 9.59 Å². The van der Waals surface area contributed by atoms with Crippen LogP contribution in [0.15, 0.2) is 29.1 Å². The lowest BCUT2D eigenvalue weighted by Crippen LogP contribution is -2.22. The number of alkyl carbamates (subject to hydrolysis) is 1. The Morgan fingerprint density at radius 1 is 1.06 bits per heavy atom. The number of nitrogens with zero attached hydrogens (tertiary/aromatic N) is 1. The minimum absolute atomic E-state index is 0.128. The highest BCUT2D eigenvalue weighted by Crippen LogP contribution is 2.31. The number of rotatable bonds is 7. The standard InChI is InChI=1S/C22H25N3O6/c1-12-8-14(9-13(2)19(12)30-6-7-31-22(27)23-3)20-24-16-10-15(28-4)11-17(29-5)18(16)21(26)25-20/h8-11H,6-7H2,1-5H3,(H,23,27)(H,24,25,26). The number of carbonyl (C=O) groups is 1. The zero-order valence-corrected chi connectivity index (χ0v) is 18.1. The summed E-state index contributed by atoms with van der Waals surface area (Å²) in [7, 11) is 4.53. The van der Waals surface area contributed by atoms with Crippen molar-refractivity contribution < 1.29 is 23.7 Å². The monoisotopic (exact) mass is 427 g/mol. The number of aromatic amines is 1.